The van der Waals surface area contributed by atoms with Crippen molar-refractivity contribution in [2.24, 2.45) is 0 Å². The van der Waals surface area contributed by atoms with Crippen LogP contribution in [0.4, 0.5) is 19.0 Å². The molecule has 3 heterocycles. The van der Waals surface area contributed by atoms with Crippen molar-refractivity contribution in [2.75, 3.05) is 31.7 Å². The fourth-order valence-electron chi connectivity index (χ4n) is 2.95. The van der Waals surface area contributed by atoms with Crippen molar-refractivity contribution < 1.29 is 27.8 Å². The largest absolute Gasteiger partial charge is 0.475 e. The molecule has 0 saturated heterocycles. The number of nitrogens with zero attached hydrogens (tertiary/aromatic N) is 4. The number of alkyl halides is 3. The monoisotopic (exact) mass is 453 g/mol. The van der Waals surface area contributed by atoms with Crippen LogP contribution in [0.5, 0.6) is 5.88 Å². The first-order valence-corrected chi connectivity index (χ1v) is 10.0. The Kier molecular flexibility index (Phi) is 7.19. The van der Waals surface area contributed by atoms with Crippen molar-refractivity contribution in [1.29, 1.82) is 0 Å². The van der Waals surface area contributed by atoms with E-state index < -0.39 is 18.4 Å². The number of pyridine rings is 2. The summed E-state index contributed by atoms with van der Waals surface area (Å²) in [6.07, 6.45) is 0.807. The standard InChI is InChI=1S/C21H26F3N5O3/c1-14-8-15(9-26-19(14)32-7-6-31-13-21(22,23)24)10-29-11-16-17(28-29)4-5-25-18(16)27-12-20(2,3)30/h4-5,8-9,11,30H,6-7,10,12-13H2,1-3H3,(H,25,27). The highest BCUT2D eigenvalue weighted by Crippen LogP contribution is 2.22. The number of aryl methyl sites for hydroxylation is 1. The van der Waals surface area contributed by atoms with Gasteiger partial charge in [-0.1, -0.05) is 0 Å². The minimum atomic E-state index is -4.35. The molecule has 3 aromatic rings. The van der Waals surface area contributed by atoms with E-state index in [-0.39, 0.29) is 13.2 Å². The molecule has 11 heteroatoms. The zero-order valence-corrected chi connectivity index (χ0v) is 18.1. The van der Waals surface area contributed by atoms with Crippen molar-refractivity contribution in [1.82, 2.24) is 19.7 Å². The normalized spacial score (nSPS) is 12.3. The summed E-state index contributed by atoms with van der Waals surface area (Å²) in [5, 5.41) is 18.5. The molecule has 8 nitrogen and oxygen atoms in total. The van der Waals surface area contributed by atoms with Crippen LogP contribution in [-0.2, 0) is 11.3 Å². The van der Waals surface area contributed by atoms with Crippen molar-refractivity contribution >= 4 is 16.7 Å². The van der Waals surface area contributed by atoms with Gasteiger partial charge in [-0.3, -0.25) is 4.68 Å². The Morgan fingerprint density at radius 1 is 1.19 bits per heavy atom. The van der Waals surface area contributed by atoms with Gasteiger partial charge in [-0.15, -0.1) is 0 Å². The number of nitrogens with one attached hydrogen (secondary N) is 1. The maximum absolute atomic E-state index is 12.1. The van der Waals surface area contributed by atoms with Gasteiger partial charge < -0.3 is 19.9 Å². The molecule has 0 aliphatic carbocycles. The van der Waals surface area contributed by atoms with Crippen LogP contribution in [0.1, 0.15) is 25.0 Å². The average molecular weight is 453 g/mol. The third-order valence-electron chi connectivity index (χ3n) is 4.33. The third-order valence-corrected chi connectivity index (χ3v) is 4.33. The molecular weight excluding hydrogens is 427 g/mol. The van der Waals surface area contributed by atoms with E-state index in [1.54, 1.807) is 30.9 Å². The maximum Gasteiger partial charge on any atom is 0.411 e. The van der Waals surface area contributed by atoms with Crippen molar-refractivity contribution in [3.8, 4) is 5.88 Å². The van der Waals surface area contributed by atoms with Crippen molar-refractivity contribution in [3.05, 3.63) is 41.9 Å². The number of fused-ring (bicyclic) bond motifs is 1. The number of anilines is 1. The van der Waals surface area contributed by atoms with Gasteiger partial charge in [-0.25, -0.2) is 9.97 Å². The summed E-state index contributed by atoms with van der Waals surface area (Å²) >= 11 is 0. The van der Waals surface area contributed by atoms with E-state index in [1.165, 1.54) is 0 Å². The van der Waals surface area contributed by atoms with Gasteiger partial charge in [0.2, 0.25) is 5.88 Å². The Morgan fingerprint density at radius 2 is 1.97 bits per heavy atom. The molecule has 174 valence electrons. The zero-order chi connectivity index (χ0) is 23.4. The summed E-state index contributed by atoms with van der Waals surface area (Å²) < 4.78 is 47.9. The lowest BCUT2D eigenvalue weighted by Crippen LogP contribution is -2.29. The van der Waals surface area contributed by atoms with Crippen LogP contribution in [0.25, 0.3) is 10.9 Å². The van der Waals surface area contributed by atoms with E-state index >= 15 is 0 Å². The lowest BCUT2D eigenvalue weighted by atomic mass is 10.1. The number of ether oxygens (including phenoxy) is 2. The first kappa shape index (κ1) is 23.7. The lowest BCUT2D eigenvalue weighted by molar-refractivity contribution is -0.175. The Bertz CT molecular complexity index is 1050. The second-order valence-corrected chi connectivity index (χ2v) is 8.07. The number of rotatable bonds is 10. The highest BCUT2D eigenvalue weighted by Gasteiger charge is 2.27. The predicted octanol–water partition coefficient (Wildman–Crippen LogP) is 3.32. The molecule has 0 aromatic carbocycles. The number of hydrogen-bond acceptors (Lipinski definition) is 7. The topological polar surface area (TPSA) is 94.3 Å². The predicted molar refractivity (Wildman–Crippen MR) is 113 cm³/mol. The van der Waals surface area contributed by atoms with Crippen molar-refractivity contribution in [3.63, 3.8) is 0 Å². The van der Waals surface area contributed by atoms with Gasteiger partial charge >= 0.3 is 6.18 Å². The number of hydrogen-bond donors (Lipinski definition) is 2. The van der Waals surface area contributed by atoms with Gasteiger partial charge in [0.05, 0.1) is 29.7 Å². The van der Waals surface area contributed by atoms with E-state index in [1.807, 2.05) is 25.3 Å². The van der Waals surface area contributed by atoms with E-state index in [0.717, 1.165) is 22.0 Å². The molecule has 0 radical (unpaired) electrons. The van der Waals surface area contributed by atoms with Crippen molar-refractivity contribution in [2.45, 2.75) is 39.1 Å². The number of aromatic nitrogens is 4. The Balaban J connectivity index is 1.61. The second-order valence-electron chi connectivity index (χ2n) is 8.07. The quantitative estimate of drug-likeness (QED) is 0.455. The van der Waals surface area contributed by atoms with Gasteiger partial charge in [0.1, 0.15) is 19.0 Å². The van der Waals surface area contributed by atoms with Crippen LogP contribution >= 0.6 is 0 Å². The average Bonchev–Trinajstić information content (AvgIpc) is 3.09. The Labute approximate surface area is 183 Å². The summed E-state index contributed by atoms with van der Waals surface area (Å²) in [4.78, 5) is 8.59. The first-order chi connectivity index (χ1) is 15.0. The lowest BCUT2D eigenvalue weighted by Gasteiger charge is -2.18. The van der Waals surface area contributed by atoms with E-state index in [0.29, 0.717) is 24.8 Å². The molecule has 0 atom stereocenters. The fourth-order valence-corrected chi connectivity index (χ4v) is 2.95. The Hall–Kier alpha value is -2.92. The molecule has 0 spiro atoms. The SMILES string of the molecule is Cc1cc(Cn2cc3c(NCC(C)(C)O)nccc3n2)cnc1OCCOCC(F)(F)F. The molecule has 0 fully saturated rings. The summed E-state index contributed by atoms with van der Waals surface area (Å²) in [6.45, 7) is 4.53. The van der Waals surface area contributed by atoms with Crippen LogP contribution < -0.4 is 10.1 Å². The molecule has 0 aliphatic rings. The minimum Gasteiger partial charge on any atom is -0.475 e. The Morgan fingerprint density at radius 3 is 2.66 bits per heavy atom. The van der Waals surface area contributed by atoms with Gasteiger partial charge in [-0.2, -0.15) is 18.3 Å². The molecule has 0 aliphatic heterocycles. The summed E-state index contributed by atoms with van der Waals surface area (Å²) in [5.41, 5.74) is 1.53. The van der Waals surface area contributed by atoms with Crippen LogP contribution in [-0.4, -0.2) is 63.0 Å². The molecule has 0 bridgehead atoms. The summed E-state index contributed by atoms with van der Waals surface area (Å²) in [7, 11) is 0. The molecular formula is C21H26F3N5O3. The zero-order valence-electron chi connectivity index (χ0n) is 18.1. The summed E-state index contributed by atoms with van der Waals surface area (Å²) in [6, 6.07) is 3.69. The summed E-state index contributed by atoms with van der Waals surface area (Å²) in [5.74, 6) is 0.985. The van der Waals surface area contributed by atoms with E-state index in [2.05, 4.69) is 25.1 Å². The van der Waals surface area contributed by atoms with Crippen LogP contribution in [0.2, 0.25) is 0 Å². The highest BCUT2D eigenvalue weighted by atomic mass is 19.4. The smallest absolute Gasteiger partial charge is 0.411 e. The molecule has 3 rings (SSSR count). The van der Waals surface area contributed by atoms with Gasteiger partial charge in [0.15, 0.2) is 0 Å². The van der Waals surface area contributed by atoms with Crippen LogP contribution in [0.3, 0.4) is 0 Å². The van der Waals surface area contributed by atoms with Gasteiger partial charge in [-0.05, 0) is 38.5 Å². The second kappa shape index (κ2) is 9.70. The van der Waals surface area contributed by atoms with Crippen LogP contribution in [0.15, 0.2) is 30.7 Å². The molecule has 32 heavy (non-hydrogen) atoms. The fraction of sp³-hybridized carbons (Fsp3) is 0.476. The number of halogens is 3. The molecule has 0 saturated carbocycles. The minimum absolute atomic E-state index is 0.0266. The van der Waals surface area contributed by atoms with Gasteiger partial charge in [0, 0.05) is 30.7 Å². The molecule has 0 unspecified atom stereocenters. The highest BCUT2D eigenvalue weighted by molar-refractivity contribution is 5.88. The van der Waals surface area contributed by atoms with Gasteiger partial charge in [0.25, 0.3) is 0 Å². The van der Waals surface area contributed by atoms with E-state index in [4.69, 9.17) is 4.74 Å². The first-order valence-electron chi connectivity index (χ1n) is 10.0. The maximum atomic E-state index is 12.1. The van der Waals surface area contributed by atoms with Crippen LogP contribution in [0, 0.1) is 6.92 Å². The molecule has 0 amide bonds. The number of aliphatic hydroxyl groups is 1. The molecule has 2 N–H and O–H groups in total. The third kappa shape index (κ3) is 7.06. The van der Waals surface area contributed by atoms with E-state index in [9.17, 15) is 18.3 Å². The molecule has 3 aromatic heterocycles.